The Hall–Kier alpha value is -3.09. The lowest BCUT2D eigenvalue weighted by Crippen LogP contribution is -2.28. The Balaban J connectivity index is 1.89. The van der Waals surface area contributed by atoms with Gasteiger partial charge < -0.3 is 14.8 Å². The van der Waals surface area contributed by atoms with Crippen LogP contribution in [0.1, 0.15) is 15.9 Å². The number of rotatable bonds is 7. The summed E-state index contributed by atoms with van der Waals surface area (Å²) in [5.41, 5.74) is 0.551. The molecule has 7 nitrogen and oxygen atoms in total. The zero-order valence-electron chi connectivity index (χ0n) is 13.4. The van der Waals surface area contributed by atoms with Gasteiger partial charge in [-0.15, -0.1) is 0 Å². The molecule has 2 aromatic rings. The first kappa shape index (κ1) is 17.3. The summed E-state index contributed by atoms with van der Waals surface area (Å²) in [4.78, 5) is 22.6. The third kappa shape index (κ3) is 4.22. The lowest BCUT2D eigenvalue weighted by Gasteiger charge is -2.10. The molecule has 126 valence electrons. The lowest BCUT2D eigenvalue weighted by molar-refractivity contribution is -0.385. The van der Waals surface area contributed by atoms with Crippen LogP contribution in [0.3, 0.4) is 0 Å². The van der Waals surface area contributed by atoms with Crippen LogP contribution in [0, 0.1) is 17.0 Å². The second kappa shape index (κ2) is 7.96. The van der Waals surface area contributed by atoms with Crippen molar-refractivity contribution in [3.8, 4) is 11.5 Å². The monoisotopic (exact) mass is 330 g/mol. The van der Waals surface area contributed by atoms with Gasteiger partial charge in [0.05, 0.1) is 18.6 Å². The van der Waals surface area contributed by atoms with Crippen molar-refractivity contribution < 1.29 is 19.2 Å². The smallest absolute Gasteiger partial charge is 0.273 e. The molecular weight excluding hydrogens is 312 g/mol. The molecule has 0 fully saturated rings. The molecule has 0 aliphatic carbocycles. The third-order valence-electron chi connectivity index (χ3n) is 3.44. The van der Waals surface area contributed by atoms with Crippen LogP contribution in [0.5, 0.6) is 11.5 Å². The Kier molecular flexibility index (Phi) is 5.73. The molecule has 0 bridgehead atoms. The molecule has 2 aromatic carbocycles. The number of amides is 1. The van der Waals surface area contributed by atoms with Crippen molar-refractivity contribution in [2.45, 2.75) is 6.92 Å². The van der Waals surface area contributed by atoms with Crippen LogP contribution in [-0.4, -0.2) is 31.1 Å². The molecular formula is C17H18N2O5. The molecule has 0 radical (unpaired) electrons. The Labute approximate surface area is 139 Å². The van der Waals surface area contributed by atoms with Crippen LogP contribution in [0.4, 0.5) is 5.69 Å². The zero-order valence-corrected chi connectivity index (χ0v) is 13.4. The van der Waals surface area contributed by atoms with Crippen molar-refractivity contribution in [1.82, 2.24) is 5.32 Å². The van der Waals surface area contributed by atoms with Gasteiger partial charge in [-0.25, -0.2) is 0 Å². The summed E-state index contributed by atoms with van der Waals surface area (Å²) in [6.07, 6.45) is 0. The Morgan fingerprint density at radius 1 is 1.21 bits per heavy atom. The highest BCUT2D eigenvalue weighted by atomic mass is 16.6. The van der Waals surface area contributed by atoms with Gasteiger partial charge in [0, 0.05) is 23.3 Å². The number of nitro groups is 1. The highest BCUT2D eigenvalue weighted by molar-refractivity contribution is 5.96. The largest absolute Gasteiger partial charge is 0.497 e. The minimum Gasteiger partial charge on any atom is -0.497 e. The summed E-state index contributed by atoms with van der Waals surface area (Å²) in [6.45, 7) is 2.10. The summed E-state index contributed by atoms with van der Waals surface area (Å²) in [6, 6.07) is 11.6. The third-order valence-corrected chi connectivity index (χ3v) is 3.44. The average molecular weight is 330 g/mol. The van der Waals surface area contributed by atoms with Gasteiger partial charge in [-0.1, -0.05) is 12.1 Å². The second-order valence-corrected chi connectivity index (χ2v) is 4.99. The topological polar surface area (TPSA) is 90.7 Å². The molecule has 0 heterocycles. The molecule has 24 heavy (non-hydrogen) atoms. The molecule has 0 aliphatic rings. The van der Waals surface area contributed by atoms with E-state index in [0.717, 1.165) is 0 Å². The fourth-order valence-electron chi connectivity index (χ4n) is 2.19. The van der Waals surface area contributed by atoms with Crippen LogP contribution in [0.2, 0.25) is 0 Å². The first-order chi connectivity index (χ1) is 11.5. The lowest BCUT2D eigenvalue weighted by atomic mass is 10.1. The molecule has 2 rings (SSSR count). The number of nitrogens with zero attached hydrogens (tertiary/aromatic N) is 1. The van der Waals surface area contributed by atoms with E-state index in [1.807, 2.05) is 0 Å². The fraction of sp³-hybridized carbons (Fsp3) is 0.235. The predicted molar refractivity (Wildman–Crippen MR) is 88.7 cm³/mol. The second-order valence-electron chi connectivity index (χ2n) is 4.99. The Morgan fingerprint density at radius 3 is 2.62 bits per heavy atom. The van der Waals surface area contributed by atoms with Crippen molar-refractivity contribution in [1.29, 1.82) is 0 Å². The molecule has 1 amide bonds. The van der Waals surface area contributed by atoms with Crippen LogP contribution in [0.15, 0.2) is 42.5 Å². The number of nitrogens with one attached hydrogen (secondary N) is 1. The van der Waals surface area contributed by atoms with Gasteiger partial charge in [0.25, 0.3) is 11.6 Å². The number of ether oxygens (including phenoxy) is 2. The van der Waals surface area contributed by atoms with Crippen molar-refractivity contribution >= 4 is 11.6 Å². The number of carbonyl (C=O) groups excluding carboxylic acids is 1. The molecule has 0 unspecified atom stereocenters. The van der Waals surface area contributed by atoms with E-state index in [1.165, 1.54) is 12.1 Å². The number of methoxy groups -OCH3 is 1. The van der Waals surface area contributed by atoms with Gasteiger partial charge in [-0.2, -0.15) is 0 Å². The summed E-state index contributed by atoms with van der Waals surface area (Å²) in [7, 11) is 1.57. The van der Waals surface area contributed by atoms with E-state index in [1.54, 1.807) is 44.4 Å². The van der Waals surface area contributed by atoms with Gasteiger partial charge >= 0.3 is 0 Å². The molecule has 7 heteroatoms. The summed E-state index contributed by atoms with van der Waals surface area (Å²) in [5.74, 6) is 0.948. The Bertz CT molecular complexity index is 746. The van der Waals surface area contributed by atoms with Crippen molar-refractivity contribution in [2.75, 3.05) is 20.3 Å². The van der Waals surface area contributed by atoms with Crippen LogP contribution in [0.25, 0.3) is 0 Å². The number of nitro benzene ring substituents is 1. The van der Waals surface area contributed by atoms with Crippen LogP contribution < -0.4 is 14.8 Å². The number of hydrogen-bond acceptors (Lipinski definition) is 5. The molecule has 0 spiro atoms. The van der Waals surface area contributed by atoms with E-state index >= 15 is 0 Å². The normalized spacial score (nSPS) is 10.1. The summed E-state index contributed by atoms with van der Waals surface area (Å²) in [5, 5.41) is 13.6. The van der Waals surface area contributed by atoms with E-state index in [9.17, 15) is 14.9 Å². The van der Waals surface area contributed by atoms with Gasteiger partial charge in [-0.05, 0) is 25.1 Å². The summed E-state index contributed by atoms with van der Waals surface area (Å²) < 4.78 is 10.6. The van der Waals surface area contributed by atoms with E-state index in [4.69, 9.17) is 9.47 Å². The SMILES string of the molecule is COc1cccc(OCCNC(=O)c2cccc([N+](=O)[O-])c2C)c1. The van der Waals surface area contributed by atoms with Gasteiger partial charge in [-0.3, -0.25) is 14.9 Å². The zero-order chi connectivity index (χ0) is 17.5. The first-order valence-electron chi connectivity index (χ1n) is 7.32. The number of benzene rings is 2. The van der Waals surface area contributed by atoms with Gasteiger partial charge in [0.1, 0.15) is 18.1 Å². The van der Waals surface area contributed by atoms with Crippen molar-refractivity contribution in [3.05, 3.63) is 63.7 Å². The van der Waals surface area contributed by atoms with Crippen molar-refractivity contribution in [2.24, 2.45) is 0 Å². The van der Waals surface area contributed by atoms with Crippen molar-refractivity contribution in [3.63, 3.8) is 0 Å². The highest BCUT2D eigenvalue weighted by Gasteiger charge is 2.17. The minimum absolute atomic E-state index is 0.0738. The molecule has 0 aliphatic heterocycles. The molecule has 0 atom stereocenters. The standard InChI is InChI=1S/C17H18N2O5/c1-12-15(7-4-8-16(12)19(21)22)17(20)18-9-10-24-14-6-3-5-13(11-14)23-2/h3-8,11H,9-10H2,1-2H3,(H,18,20). The predicted octanol–water partition coefficient (Wildman–Crippen LogP) is 2.72. The maximum atomic E-state index is 12.1. The Morgan fingerprint density at radius 2 is 1.92 bits per heavy atom. The molecule has 1 N–H and O–H groups in total. The average Bonchev–Trinajstić information content (AvgIpc) is 2.58. The highest BCUT2D eigenvalue weighted by Crippen LogP contribution is 2.21. The molecule has 0 saturated heterocycles. The van der Waals surface area contributed by atoms with E-state index in [0.29, 0.717) is 17.1 Å². The van der Waals surface area contributed by atoms with Gasteiger partial charge in [0.15, 0.2) is 0 Å². The van der Waals surface area contributed by atoms with E-state index < -0.39 is 4.92 Å². The number of hydrogen-bond donors (Lipinski definition) is 1. The first-order valence-corrected chi connectivity index (χ1v) is 7.32. The maximum absolute atomic E-state index is 12.1. The van der Waals surface area contributed by atoms with Gasteiger partial charge in [0.2, 0.25) is 0 Å². The number of carbonyl (C=O) groups is 1. The maximum Gasteiger partial charge on any atom is 0.273 e. The van der Waals surface area contributed by atoms with Crippen LogP contribution in [-0.2, 0) is 0 Å². The van der Waals surface area contributed by atoms with E-state index in [-0.39, 0.29) is 30.3 Å². The quantitative estimate of drug-likeness (QED) is 0.479. The van der Waals surface area contributed by atoms with Crippen LogP contribution >= 0.6 is 0 Å². The summed E-state index contributed by atoms with van der Waals surface area (Å²) >= 11 is 0. The fourth-order valence-corrected chi connectivity index (χ4v) is 2.19. The minimum atomic E-state index is -0.502. The van der Waals surface area contributed by atoms with E-state index in [2.05, 4.69) is 5.32 Å². The molecule has 0 saturated carbocycles. The molecule has 0 aromatic heterocycles.